The molecule has 0 aliphatic carbocycles. The molecule has 6 nitrogen and oxygen atoms in total. The van der Waals surface area contributed by atoms with Gasteiger partial charge < -0.3 is 4.90 Å². The van der Waals surface area contributed by atoms with Crippen molar-refractivity contribution in [1.29, 1.82) is 0 Å². The first-order valence-corrected chi connectivity index (χ1v) is 8.28. The van der Waals surface area contributed by atoms with E-state index in [1.54, 1.807) is 12.1 Å². The third kappa shape index (κ3) is 2.96. The molecule has 0 spiro atoms. The van der Waals surface area contributed by atoms with Crippen molar-refractivity contribution in [3.63, 3.8) is 0 Å². The van der Waals surface area contributed by atoms with E-state index in [2.05, 4.69) is 5.32 Å². The predicted octanol–water partition coefficient (Wildman–Crippen LogP) is 1.36. The van der Waals surface area contributed by atoms with Gasteiger partial charge in [0, 0.05) is 31.4 Å². The second-order valence-electron chi connectivity index (χ2n) is 6.31. The van der Waals surface area contributed by atoms with Crippen molar-refractivity contribution in [2.24, 2.45) is 0 Å². The highest BCUT2D eigenvalue weighted by Crippen LogP contribution is 2.30. The summed E-state index contributed by atoms with van der Waals surface area (Å²) >= 11 is 0. The first-order valence-electron chi connectivity index (χ1n) is 8.28. The number of fused-ring (bicyclic) bond motifs is 1. The van der Waals surface area contributed by atoms with Crippen LogP contribution in [0, 0.1) is 0 Å². The molecule has 1 aromatic carbocycles. The number of hydrogen-bond donors (Lipinski definition) is 1. The van der Waals surface area contributed by atoms with E-state index < -0.39 is 11.9 Å². The zero-order valence-electron chi connectivity index (χ0n) is 13.6. The van der Waals surface area contributed by atoms with E-state index in [4.69, 9.17) is 0 Å². The summed E-state index contributed by atoms with van der Waals surface area (Å²) in [7, 11) is 0. The Morgan fingerprint density at radius 3 is 2.79 bits per heavy atom. The molecule has 3 amide bonds. The fourth-order valence-electron chi connectivity index (χ4n) is 3.40. The van der Waals surface area contributed by atoms with Crippen LogP contribution in [0.25, 0.3) is 0 Å². The summed E-state index contributed by atoms with van der Waals surface area (Å²) < 4.78 is 0. The fourth-order valence-corrected chi connectivity index (χ4v) is 3.40. The second-order valence-corrected chi connectivity index (χ2v) is 6.31. The number of nitrogens with zero attached hydrogens (tertiary/aromatic N) is 1. The summed E-state index contributed by atoms with van der Waals surface area (Å²) in [6, 6.07) is 4.76. The van der Waals surface area contributed by atoms with Crippen LogP contribution in [-0.2, 0) is 27.3 Å². The minimum atomic E-state index is -0.623. The first-order chi connectivity index (χ1) is 11.5. The van der Waals surface area contributed by atoms with Crippen molar-refractivity contribution in [2.75, 3.05) is 0 Å². The Morgan fingerprint density at radius 1 is 1.29 bits per heavy atom. The Hall–Kier alpha value is -2.50. The number of ketones is 1. The van der Waals surface area contributed by atoms with Gasteiger partial charge in [0.1, 0.15) is 11.8 Å². The number of amides is 3. The van der Waals surface area contributed by atoms with Gasteiger partial charge in [-0.25, -0.2) is 0 Å². The zero-order valence-corrected chi connectivity index (χ0v) is 13.6. The second kappa shape index (κ2) is 6.55. The number of piperidine rings is 1. The van der Waals surface area contributed by atoms with Crippen LogP contribution in [0.4, 0.5) is 0 Å². The van der Waals surface area contributed by atoms with Gasteiger partial charge in [-0.2, -0.15) is 0 Å². The molecule has 1 atom stereocenters. The van der Waals surface area contributed by atoms with Gasteiger partial charge in [-0.1, -0.05) is 19.1 Å². The van der Waals surface area contributed by atoms with Gasteiger partial charge in [-0.3, -0.25) is 24.5 Å². The van der Waals surface area contributed by atoms with Gasteiger partial charge in [0.15, 0.2) is 0 Å². The van der Waals surface area contributed by atoms with E-state index in [9.17, 15) is 19.2 Å². The van der Waals surface area contributed by atoms with Crippen LogP contribution in [0.1, 0.15) is 54.1 Å². The van der Waals surface area contributed by atoms with E-state index in [1.165, 1.54) is 4.90 Å². The molecule has 0 aromatic heterocycles. The van der Waals surface area contributed by atoms with Gasteiger partial charge in [0.2, 0.25) is 11.8 Å². The SMILES string of the molecule is CCCC(=O)Cc1cccc2c1CN(C1CCC(=O)NC1=O)C2=O. The normalized spacial score (nSPS) is 20.1. The molecule has 2 aliphatic rings. The Kier molecular flexibility index (Phi) is 4.46. The third-order valence-corrected chi connectivity index (χ3v) is 4.60. The molecule has 0 bridgehead atoms. The van der Waals surface area contributed by atoms with Crippen LogP contribution in [0.2, 0.25) is 0 Å². The van der Waals surface area contributed by atoms with E-state index in [0.29, 0.717) is 31.4 Å². The van der Waals surface area contributed by atoms with Gasteiger partial charge in [0.05, 0.1) is 0 Å². The maximum Gasteiger partial charge on any atom is 0.255 e. The van der Waals surface area contributed by atoms with E-state index >= 15 is 0 Å². The average Bonchev–Trinajstić information content (AvgIpc) is 2.86. The summed E-state index contributed by atoms with van der Waals surface area (Å²) in [5.74, 6) is -0.774. The number of nitrogens with one attached hydrogen (secondary N) is 1. The maximum atomic E-state index is 12.7. The zero-order chi connectivity index (χ0) is 17.3. The smallest absolute Gasteiger partial charge is 0.255 e. The van der Waals surface area contributed by atoms with Crippen LogP contribution in [0.5, 0.6) is 0 Å². The molecule has 1 aromatic rings. The molecule has 1 N–H and O–H groups in total. The molecule has 3 rings (SSSR count). The quantitative estimate of drug-likeness (QED) is 0.827. The van der Waals surface area contributed by atoms with Crippen molar-refractivity contribution in [2.45, 2.75) is 51.6 Å². The maximum absolute atomic E-state index is 12.7. The fraction of sp³-hybridized carbons (Fsp3) is 0.444. The Balaban J connectivity index is 1.83. The van der Waals surface area contributed by atoms with Crippen molar-refractivity contribution in [3.8, 4) is 0 Å². The molecular weight excluding hydrogens is 308 g/mol. The molecule has 1 fully saturated rings. The largest absolute Gasteiger partial charge is 0.322 e. The van der Waals surface area contributed by atoms with E-state index in [-0.39, 0.29) is 24.0 Å². The number of carbonyl (C=O) groups is 4. The lowest BCUT2D eigenvalue weighted by molar-refractivity contribution is -0.137. The third-order valence-electron chi connectivity index (χ3n) is 4.60. The van der Waals surface area contributed by atoms with Crippen LogP contribution >= 0.6 is 0 Å². The summed E-state index contributed by atoms with van der Waals surface area (Å²) in [6.07, 6.45) is 2.21. The Morgan fingerprint density at radius 2 is 2.08 bits per heavy atom. The molecule has 2 aliphatic heterocycles. The highest BCUT2D eigenvalue weighted by atomic mass is 16.2. The van der Waals surface area contributed by atoms with Crippen molar-refractivity contribution < 1.29 is 19.2 Å². The first kappa shape index (κ1) is 16.4. The van der Waals surface area contributed by atoms with Crippen molar-refractivity contribution >= 4 is 23.5 Å². The highest BCUT2D eigenvalue weighted by molar-refractivity contribution is 6.05. The van der Waals surface area contributed by atoms with Gasteiger partial charge in [0.25, 0.3) is 5.91 Å². The topological polar surface area (TPSA) is 83.6 Å². The standard InChI is InChI=1S/C18H20N2O4/c1-2-4-12(21)9-11-5-3-6-13-14(11)10-20(18(13)24)15-7-8-16(22)19-17(15)23/h3,5-6,15H,2,4,7-10H2,1H3,(H,19,22,23). The van der Waals surface area contributed by atoms with Crippen LogP contribution in [-0.4, -0.2) is 34.4 Å². The Bertz CT molecular complexity index is 726. The van der Waals surface area contributed by atoms with Crippen molar-refractivity contribution in [3.05, 3.63) is 34.9 Å². The van der Waals surface area contributed by atoms with Gasteiger partial charge in [-0.05, 0) is 30.0 Å². The molecule has 1 saturated heterocycles. The summed E-state index contributed by atoms with van der Waals surface area (Å²) in [5.41, 5.74) is 2.24. The molecule has 2 heterocycles. The summed E-state index contributed by atoms with van der Waals surface area (Å²) in [6.45, 7) is 2.28. The molecule has 0 saturated carbocycles. The monoisotopic (exact) mass is 328 g/mol. The van der Waals surface area contributed by atoms with Gasteiger partial charge in [-0.15, -0.1) is 0 Å². The van der Waals surface area contributed by atoms with Crippen LogP contribution < -0.4 is 5.32 Å². The summed E-state index contributed by atoms with van der Waals surface area (Å²) in [4.78, 5) is 49.5. The van der Waals surface area contributed by atoms with E-state index in [1.807, 2.05) is 13.0 Å². The molecule has 0 radical (unpaired) electrons. The lowest BCUT2D eigenvalue weighted by atomic mass is 9.98. The van der Waals surface area contributed by atoms with E-state index in [0.717, 1.165) is 17.5 Å². The van der Waals surface area contributed by atoms with Gasteiger partial charge >= 0.3 is 0 Å². The van der Waals surface area contributed by atoms with Crippen LogP contribution in [0.3, 0.4) is 0 Å². The van der Waals surface area contributed by atoms with Crippen molar-refractivity contribution in [1.82, 2.24) is 10.2 Å². The molecule has 1 unspecified atom stereocenters. The highest BCUT2D eigenvalue weighted by Gasteiger charge is 2.39. The summed E-state index contributed by atoms with van der Waals surface area (Å²) in [5, 5.41) is 2.29. The number of imide groups is 1. The molecule has 24 heavy (non-hydrogen) atoms. The molecule has 126 valence electrons. The lowest BCUT2D eigenvalue weighted by Crippen LogP contribution is -2.52. The number of Topliss-reactive ketones (excluding diaryl/α,β-unsaturated/α-hetero) is 1. The lowest BCUT2D eigenvalue weighted by Gasteiger charge is -2.29. The number of rotatable bonds is 5. The molecule has 6 heteroatoms. The number of benzene rings is 1. The minimum absolute atomic E-state index is 0.151. The van der Waals surface area contributed by atoms with Crippen LogP contribution in [0.15, 0.2) is 18.2 Å². The average molecular weight is 328 g/mol. The number of hydrogen-bond acceptors (Lipinski definition) is 4. The molecular formula is C18H20N2O4. The number of carbonyl (C=O) groups excluding carboxylic acids is 4. The Labute approximate surface area is 140 Å². The minimum Gasteiger partial charge on any atom is -0.322 e. The predicted molar refractivity (Wildman–Crippen MR) is 86.1 cm³/mol.